The van der Waals surface area contributed by atoms with Gasteiger partial charge < -0.3 is 14.7 Å². The molecule has 0 atom stereocenters. The number of hydrogen-bond acceptors (Lipinski definition) is 6. The summed E-state index contributed by atoms with van der Waals surface area (Å²) < 4.78 is 5.22. The maximum Gasteiger partial charge on any atom is 0.273 e. The van der Waals surface area contributed by atoms with E-state index < -0.39 is 0 Å². The van der Waals surface area contributed by atoms with E-state index in [-0.39, 0.29) is 11.8 Å². The van der Waals surface area contributed by atoms with E-state index in [1.807, 2.05) is 17.5 Å². The van der Waals surface area contributed by atoms with Gasteiger partial charge in [0.2, 0.25) is 0 Å². The molecule has 0 bridgehead atoms. The first-order valence-corrected chi connectivity index (χ1v) is 9.53. The van der Waals surface area contributed by atoms with Crippen LogP contribution in [-0.4, -0.2) is 47.9 Å². The zero-order chi connectivity index (χ0) is 17.6. The second kappa shape index (κ2) is 8.40. The molecule has 0 unspecified atom stereocenters. The van der Waals surface area contributed by atoms with Crippen molar-refractivity contribution in [3.8, 4) is 10.6 Å². The second-order valence-corrected chi connectivity index (χ2v) is 7.39. The minimum atomic E-state index is -0.196. The summed E-state index contributed by atoms with van der Waals surface area (Å²) in [5.74, 6) is 0.979. The van der Waals surface area contributed by atoms with Gasteiger partial charge in [-0.15, -0.1) is 11.3 Å². The van der Waals surface area contributed by atoms with Crippen LogP contribution in [0, 0.1) is 5.92 Å². The van der Waals surface area contributed by atoms with E-state index in [0.29, 0.717) is 23.8 Å². The molecule has 134 valence electrons. The van der Waals surface area contributed by atoms with Crippen molar-refractivity contribution in [2.24, 2.45) is 5.92 Å². The number of aromatic nitrogens is 1. The first-order valence-electron chi connectivity index (χ1n) is 8.65. The Kier molecular flexibility index (Phi) is 5.99. The molecule has 1 N–H and O–H groups in total. The van der Waals surface area contributed by atoms with Crippen LogP contribution < -0.4 is 5.32 Å². The summed E-state index contributed by atoms with van der Waals surface area (Å²) in [6.07, 6.45) is 3.08. The maximum atomic E-state index is 12.1. The fourth-order valence-corrected chi connectivity index (χ4v) is 3.53. The lowest BCUT2D eigenvalue weighted by atomic mass is 9.96. The summed E-state index contributed by atoms with van der Waals surface area (Å²) in [5.41, 5.74) is 0.319. The lowest BCUT2D eigenvalue weighted by Gasteiger charge is -2.37. The van der Waals surface area contributed by atoms with Crippen LogP contribution in [0.15, 0.2) is 28.1 Å². The number of nitrogens with one attached hydrogen (secondary N) is 1. The highest BCUT2D eigenvalue weighted by Gasteiger charge is 2.29. The van der Waals surface area contributed by atoms with Gasteiger partial charge in [-0.3, -0.25) is 9.59 Å². The molecule has 2 aromatic heterocycles. The molecule has 0 spiro atoms. The predicted octanol–water partition coefficient (Wildman–Crippen LogP) is 2.82. The van der Waals surface area contributed by atoms with Crippen LogP contribution in [0.3, 0.4) is 0 Å². The van der Waals surface area contributed by atoms with Gasteiger partial charge in [-0.1, -0.05) is 17.6 Å². The fraction of sp³-hybridized carbons (Fsp3) is 0.500. The Morgan fingerprint density at radius 2 is 2.20 bits per heavy atom. The summed E-state index contributed by atoms with van der Waals surface area (Å²) in [5, 5.41) is 8.67. The molecule has 0 radical (unpaired) electrons. The van der Waals surface area contributed by atoms with Crippen molar-refractivity contribution < 1.29 is 14.1 Å². The van der Waals surface area contributed by atoms with Crippen molar-refractivity contribution in [3.05, 3.63) is 29.3 Å². The fourth-order valence-electron chi connectivity index (χ4n) is 2.86. The molecule has 0 saturated carbocycles. The highest BCUT2D eigenvalue weighted by atomic mass is 32.1. The molecular weight excluding hydrogens is 338 g/mol. The van der Waals surface area contributed by atoms with E-state index in [1.54, 1.807) is 24.3 Å². The van der Waals surface area contributed by atoms with Crippen molar-refractivity contribution in [3.63, 3.8) is 0 Å². The van der Waals surface area contributed by atoms with Crippen LogP contribution in [0.1, 0.15) is 36.7 Å². The lowest BCUT2D eigenvalue weighted by molar-refractivity contribution is -0.125. The normalized spacial score (nSPS) is 15.1. The standard InChI is InChI=1S/C18H23N3O3S/c1-13(22)14-11-21(12-14)8-4-2-3-7-19-18(23)15-10-16(24-20-15)17-6-5-9-25-17/h5-6,9-10,14H,2-4,7-8,11-12H2,1H3,(H,19,23). The summed E-state index contributed by atoms with van der Waals surface area (Å²) in [6, 6.07) is 5.54. The molecule has 1 saturated heterocycles. The van der Waals surface area contributed by atoms with Crippen molar-refractivity contribution >= 4 is 23.0 Å². The van der Waals surface area contributed by atoms with Gasteiger partial charge in [0.05, 0.1) is 4.88 Å². The molecule has 25 heavy (non-hydrogen) atoms. The van der Waals surface area contributed by atoms with Gasteiger partial charge in [0, 0.05) is 31.6 Å². The maximum absolute atomic E-state index is 12.1. The molecule has 1 aliphatic heterocycles. The number of unbranched alkanes of at least 4 members (excludes halogenated alkanes) is 2. The third-order valence-corrected chi connectivity index (χ3v) is 5.36. The smallest absolute Gasteiger partial charge is 0.273 e. The largest absolute Gasteiger partial charge is 0.355 e. The summed E-state index contributed by atoms with van der Waals surface area (Å²) in [6.45, 7) is 5.15. The Bertz CT molecular complexity index is 705. The minimum Gasteiger partial charge on any atom is -0.355 e. The molecule has 1 fully saturated rings. The second-order valence-electron chi connectivity index (χ2n) is 6.44. The molecule has 3 rings (SSSR count). The Morgan fingerprint density at radius 1 is 1.36 bits per heavy atom. The number of nitrogens with zero attached hydrogens (tertiary/aromatic N) is 2. The lowest BCUT2D eigenvalue weighted by Crippen LogP contribution is -2.49. The zero-order valence-electron chi connectivity index (χ0n) is 14.4. The van der Waals surface area contributed by atoms with Gasteiger partial charge in [-0.05, 0) is 37.8 Å². The van der Waals surface area contributed by atoms with E-state index in [1.165, 1.54) is 0 Å². The van der Waals surface area contributed by atoms with E-state index in [4.69, 9.17) is 4.52 Å². The van der Waals surface area contributed by atoms with Gasteiger partial charge in [-0.2, -0.15) is 0 Å². The summed E-state index contributed by atoms with van der Waals surface area (Å²) in [4.78, 5) is 26.5. The number of rotatable bonds is 9. The molecular formula is C18H23N3O3S. The first-order chi connectivity index (χ1) is 12.1. The van der Waals surface area contributed by atoms with Crippen molar-refractivity contribution in [2.75, 3.05) is 26.2 Å². The molecule has 1 aliphatic rings. The Hall–Kier alpha value is -1.99. The van der Waals surface area contributed by atoms with Gasteiger partial charge in [0.15, 0.2) is 11.5 Å². The molecule has 0 aromatic carbocycles. The van der Waals surface area contributed by atoms with Crippen molar-refractivity contribution in [2.45, 2.75) is 26.2 Å². The number of hydrogen-bond donors (Lipinski definition) is 1. The third kappa shape index (κ3) is 4.76. The van der Waals surface area contributed by atoms with E-state index in [2.05, 4.69) is 15.4 Å². The predicted molar refractivity (Wildman–Crippen MR) is 96.6 cm³/mol. The van der Waals surface area contributed by atoms with Crippen LogP contribution in [0.4, 0.5) is 0 Å². The Balaban J connectivity index is 1.28. The van der Waals surface area contributed by atoms with Gasteiger partial charge in [0.25, 0.3) is 5.91 Å². The molecule has 7 heteroatoms. The Morgan fingerprint density at radius 3 is 2.92 bits per heavy atom. The highest BCUT2D eigenvalue weighted by Crippen LogP contribution is 2.25. The average Bonchev–Trinajstić information content (AvgIpc) is 3.22. The number of amides is 1. The van der Waals surface area contributed by atoms with E-state index in [9.17, 15) is 9.59 Å². The topological polar surface area (TPSA) is 75.4 Å². The van der Waals surface area contributed by atoms with E-state index in [0.717, 1.165) is 43.8 Å². The first kappa shape index (κ1) is 17.8. The van der Waals surface area contributed by atoms with Crippen LogP contribution in [0.5, 0.6) is 0 Å². The summed E-state index contributed by atoms with van der Waals surface area (Å²) >= 11 is 1.55. The molecule has 1 amide bonds. The average molecular weight is 361 g/mol. The van der Waals surface area contributed by atoms with Gasteiger partial charge in [-0.25, -0.2) is 0 Å². The van der Waals surface area contributed by atoms with Crippen LogP contribution in [0.25, 0.3) is 10.6 Å². The minimum absolute atomic E-state index is 0.196. The van der Waals surface area contributed by atoms with E-state index >= 15 is 0 Å². The third-order valence-electron chi connectivity index (χ3n) is 4.48. The van der Waals surface area contributed by atoms with Crippen molar-refractivity contribution in [1.82, 2.24) is 15.4 Å². The zero-order valence-corrected chi connectivity index (χ0v) is 15.2. The number of carbonyl (C=O) groups is 2. The number of thiophene rings is 1. The molecule has 2 aromatic rings. The van der Waals surface area contributed by atoms with Crippen molar-refractivity contribution in [1.29, 1.82) is 0 Å². The monoisotopic (exact) mass is 361 g/mol. The quantitative estimate of drug-likeness (QED) is 0.695. The summed E-state index contributed by atoms with van der Waals surface area (Å²) in [7, 11) is 0. The van der Waals surface area contributed by atoms with Gasteiger partial charge in [0.1, 0.15) is 5.78 Å². The Labute approximate surface area is 151 Å². The molecule has 0 aliphatic carbocycles. The van der Waals surface area contributed by atoms with Crippen LogP contribution in [0.2, 0.25) is 0 Å². The molecule has 3 heterocycles. The number of ketones is 1. The molecule has 6 nitrogen and oxygen atoms in total. The number of likely N-dealkylation sites (tertiary alicyclic amines) is 1. The number of carbonyl (C=O) groups excluding carboxylic acids is 2. The SMILES string of the molecule is CC(=O)C1CN(CCCCCNC(=O)c2cc(-c3cccs3)on2)C1. The van der Waals surface area contributed by atoms with Crippen LogP contribution in [-0.2, 0) is 4.79 Å². The highest BCUT2D eigenvalue weighted by molar-refractivity contribution is 7.13. The van der Waals surface area contributed by atoms with Gasteiger partial charge >= 0.3 is 0 Å². The van der Waals surface area contributed by atoms with Crippen LogP contribution >= 0.6 is 11.3 Å². The number of Topliss-reactive ketones (excluding diaryl/α,β-unsaturated/α-hetero) is 1.